The van der Waals surface area contributed by atoms with Crippen molar-refractivity contribution in [3.05, 3.63) is 0 Å². The number of nitrogens with one attached hydrogen (secondary N) is 1. The molecule has 2 aliphatic carbocycles. The molecule has 0 amide bonds. The molecule has 14 heavy (non-hydrogen) atoms. The summed E-state index contributed by atoms with van der Waals surface area (Å²) in [5, 5.41) is 0.936. The van der Waals surface area contributed by atoms with Crippen molar-refractivity contribution >= 4 is 11.8 Å². The number of rotatable bonds is 5. The predicted molar refractivity (Wildman–Crippen MR) is 63.2 cm³/mol. The summed E-state index contributed by atoms with van der Waals surface area (Å²) in [6.45, 7) is 0. The van der Waals surface area contributed by atoms with Crippen molar-refractivity contribution in [3.8, 4) is 0 Å². The van der Waals surface area contributed by atoms with Gasteiger partial charge in [0.25, 0.3) is 0 Å². The highest BCUT2D eigenvalue weighted by atomic mass is 32.2. The molecule has 3 heteroatoms. The Morgan fingerprint density at radius 1 is 1.14 bits per heavy atom. The monoisotopic (exact) mass is 214 g/mol. The van der Waals surface area contributed by atoms with Gasteiger partial charge < -0.3 is 0 Å². The molecule has 0 spiro atoms. The molecule has 2 fully saturated rings. The lowest BCUT2D eigenvalue weighted by molar-refractivity contribution is 0.245. The number of thioether (sulfide) groups is 1. The van der Waals surface area contributed by atoms with Gasteiger partial charge >= 0.3 is 0 Å². The maximum atomic E-state index is 5.60. The third kappa shape index (κ3) is 2.65. The highest BCUT2D eigenvalue weighted by Crippen LogP contribution is 2.34. The minimum atomic E-state index is 0.578. The van der Waals surface area contributed by atoms with E-state index in [0.717, 1.165) is 11.2 Å². The van der Waals surface area contributed by atoms with E-state index >= 15 is 0 Å². The van der Waals surface area contributed by atoms with Crippen LogP contribution in [-0.2, 0) is 0 Å². The Bertz CT molecular complexity index is 165. The van der Waals surface area contributed by atoms with E-state index in [1.807, 2.05) is 0 Å². The van der Waals surface area contributed by atoms with Gasteiger partial charge in [0.05, 0.1) is 0 Å². The Kier molecular flexibility index (Phi) is 4.14. The van der Waals surface area contributed by atoms with E-state index in [4.69, 9.17) is 5.84 Å². The fourth-order valence-electron chi connectivity index (χ4n) is 2.46. The van der Waals surface area contributed by atoms with Crippen molar-refractivity contribution in [2.75, 3.05) is 5.75 Å². The third-order valence-electron chi connectivity index (χ3n) is 3.75. The van der Waals surface area contributed by atoms with Crippen LogP contribution >= 0.6 is 11.8 Å². The van der Waals surface area contributed by atoms with Crippen molar-refractivity contribution in [1.82, 2.24) is 5.43 Å². The molecule has 1 atom stereocenters. The van der Waals surface area contributed by atoms with E-state index in [2.05, 4.69) is 17.2 Å². The van der Waals surface area contributed by atoms with Gasteiger partial charge in [-0.15, -0.1) is 0 Å². The first-order valence-electron chi connectivity index (χ1n) is 5.98. The molecule has 0 aliphatic heterocycles. The van der Waals surface area contributed by atoms with E-state index in [1.165, 1.54) is 50.7 Å². The summed E-state index contributed by atoms with van der Waals surface area (Å²) in [5.74, 6) is 7.70. The van der Waals surface area contributed by atoms with Gasteiger partial charge in [0.1, 0.15) is 0 Å². The van der Waals surface area contributed by atoms with Crippen LogP contribution in [0.1, 0.15) is 44.9 Å². The second kappa shape index (κ2) is 5.38. The summed E-state index contributed by atoms with van der Waals surface area (Å²) in [6.07, 6.45) is 9.96. The fourth-order valence-corrected chi connectivity index (χ4v) is 3.97. The molecule has 0 aromatic heterocycles. The second-order valence-corrected chi connectivity index (χ2v) is 6.04. The van der Waals surface area contributed by atoms with Gasteiger partial charge in [-0.2, -0.15) is 11.8 Å². The third-order valence-corrected chi connectivity index (χ3v) is 5.24. The number of nitrogens with two attached hydrogens (primary N) is 1. The topological polar surface area (TPSA) is 38.0 Å². The van der Waals surface area contributed by atoms with E-state index in [-0.39, 0.29) is 0 Å². The molecule has 0 aromatic rings. The van der Waals surface area contributed by atoms with Crippen LogP contribution < -0.4 is 11.3 Å². The average Bonchev–Trinajstić information content (AvgIpc) is 2.61. The van der Waals surface area contributed by atoms with Crippen LogP contribution in [0.2, 0.25) is 0 Å². The zero-order valence-corrected chi connectivity index (χ0v) is 9.69. The maximum Gasteiger partial charge on any atom is 0.0329 e. The van der Waals surface area contributed by atoms with Crippen LogP contribution in [0.25, 0.3) is 0 Å². The van der Waals surface area contributed by atoms with Crippen LogP contribution in [0, 0.1) is 5.92 Å². The molecule has 2 rings (SSSR count). The van der Waals surface area contributed by atoms with E-state index in [9.17, 15) is 0 Å². The molecule has 0 radical (unpaired) electrons. The maximum absolute atomic E-state index is 5.60. The van der Waals surface area contributed by atoms with Crippen molar-refractivity contribution in [2.24, 2.45) is 11.8 Å². The number of hydrazine groups is 1. The smallest absolute Gasteiger partial charge is 0.0329 e. The van der Waals surface area contributed by atoms with Crippen LogP contribution in [0.4, 0.5) is 0 Å². The molecule has 2 aliphatic rings. The van der Waals surface area contributed by atoms with Crippen molar-refractivity contribution in [3.63, 3.8) is 0 Å². The lowest BCUT2D eigenvalue weighted by Crippen LogP contribution is -2.45. The first-order valence-corrected chi connectivity index (χ1v) is 7.03. The van der Waals surface area contributed by atoms with Crippen molar-refractivity contribution in [1.29, 1.82) is 0 Å². The Morgan fingerprint density at radius 3 is 2.36 bits per heavy atom. The quantitative estimate of drug-likeness (QED) is 0.545. The summed E-state index contributed by atoms with van der Waals surface area (Å²) in [7, 11) is 0. The standard InChI is InChI=1S/C11H22N2S/c12-13-11(9-4-3-5-9)8-14-10-6-1-2-7-10/h9-11,13H,1-8,12H2. The molecular formula is C11H22N2S. The molecule has 2 saturated carbocycles. The van der Waals surface area contributed by atoms with Gasteiger partial charge in [-0.1, -0.05) is 19.3 Å². The van der Waals surface area contributed by atoms with Gasteiger partial charge in [-0.05, 0) is 31.6 Å². The van der Waals surface area contributed by atoms with Crippen LogP contribution in [0.3, 0.4) is 0 Å². The molecule has 0 saturated heterocycles. The highest BCUT2D eigenvalue weighted by Gasteiger charge is 2.27. The van der Waals surface area contributed by atoms with Gasteiger partial charge in [-0.3, -0.25) is 11.3 Å². The lowest BCUT2D eigenvalue weighted by atomic mass is 9.80. The van der Waals surface area contributed by atoms with Gasteiger partial charge in [-0.25, -0.2) is 0 Å². The molecule has 0 heterocycles. The molecule has 1 unspecified atom stereocenters. The minimum absolute atomic E-state index is 0.578. The van der Waals surface area contributed by atoms with Crippen molar-refractivity contribution < 1.29 is 0 Å². The van der Waals surface area contributed by atoms with Gasteiger partial charge in [0.2, 0.25) is 0 Å². The summed E-state index contributed by atoms with van der Waals surface area (Å²) in [6, 6.07) is 0.578. The Labute approximate surface area is 91.4 Å². The average molecular weight is 214 g/mol. The Balaban J connectivity index is 1.65. The molecule has 0 bridgehead atoms. The zero-order chi connectivity index (χ0) is 9.80. The first-order chi connectivity index (χ1) is 6.90. The van der Waals surface area contributed by atoms with Crippen LogP contribution in [0.5, 0.6) is 0 Å². The summed E-state index contributed by atoms with van der Waals surface area (Å²) < 4.78 is 0. The zero-order valence-electron chi connectivity index (χ0n) is 8.87. The number of hydrogen-bond donors (Lipinski definition) is 2. The molecule has 82 valence electrons. The van der Waals surface area contributed by atoms with Crippen molar-refractivity contribution in [2.45, 2.75) is 56.2 Å². The Hall–Kier alpha value is 0.270. The first kappa shape index (κ1) is 10.8. The van der Waals surface area contributed by atoms with E-state index < -0.39 is 0 Å². The summed E-state index contributed by atoms with van der Waals surface area (Å²) in [5.41, 5.74) is 3.01. The molecular weight excluding hydrogens is 192 g/mol. The fraction of sp³-hybridized carbons (Fsp3) is 1.00. The van der Waals surface area contributed by atoms with Gasteiger partial charge in [0, 0.05) is 17.0 Å². The number of hydrogen-bond acceptors (Lipinski definition) is 3. The van der Waals surface area contributed by atoms with Crippen LogP contribution in [-0.4, -0.2) is 17.0 Å². The van der Waals surface area contributed by atoms with Crippen LogP contribution in [0.15, 0.2) is 0 Å². The normalized spacial score (nSPS) is 26.4. The molecule has 0 aromatic carbocycles. The minimum Gasteiger partial charge on any atom is -0.271 e. The second-order valence-electron chi connectivity index (χ2n) is 4.70. The lowest BCUT2D eigenvalue weighted by Gasteiger charge is -2.33. The molecule has 2 nitrogen and oxygen atoms in total. The molecule has 3 N–H and O–H groups in total. The largest absolute Gasteiger partial charge is 0.271 e. The van der Waals surface area contributed by atoms with Gasteiger partial charge in [0.15, 0.2) is 0 Å². The predicted octanol–water partition coefficient (Wildman–Crippen LogP) is 2.29. The van der Waals surface area contributed by atoms with E-state index in [1.54, 1.807) is 0 Å². The highest BCUT2D eigenvalue weighted by molar-refractivity contribution is 7.99. The Morgan fingerprint density at radius 2 is 1.86 bits per heavy atom. The summed E-state index contributed by atoms with van der Waals surface area (Å²) >= 11 is 2.15. The SMILES string of the molecule is NNC(CSC1CCCC1)C1CCC1. The summed E-state index contributed by atoms with van der Waals surface area (Å²) in [4.78, 5) is 0. The van der Waals surface area contributed by atoms with E-state index in [0.29, 0.717) is 6.04 Å².